The average Bonchev–Trinajstić information content (AvgIpc) is 2.36. The number of hydrogen-bond acceptors (Lipinski definition) is 4. The van der Waals surface area contributed by atoms with Gasteiger partial charge >= 0.3 is 5.97 Å². The highest BCUT2D eigenvalue weighted by Crippen LogP contribution is 2.19. The van der Waals surface area contributed by atoms with Gasteiger partial charge in [-0.3, -0.25) is 10.1 Å². The highest BCUT2D eigenvalue weighted by Gasteiger charge is 2.34. The molecule has 1 aliphatic heterocycles. The molecule has 1 fully saturated rings. The maximum Gasteiger partial charge on any atom is 0.323 e. The van der Waals surface area contributed by atoms with Crippen LogP contribution in [0.3, 0.4) is 0 Å². The van der Waals surface area contributed by atoms with Crippen molar-refractivity contribution in [2.24, 2.45) is 5.92 Å². The van der Waals surface area contributed by atoms with Gasteiger partial charge in [-0.2, -0.15) is 0 Å². The molecule has 0 amide bonds. The molecule has 1 aliphatic rings. The molecule has 5 heteroatoms. The van der Waals surface area contributed by atoms with Crippen molar-refractivity contribution in [2.45, 2.75) is 51.6 Å². The van der Waals surface area contributed by atoms with Crippen LogP contribution in [0.1, 0.15) is 40.0 Å². The van der Waals surface area contributed by atoms with Crippen molar-refractivity contribution >= 4 is 5.97 Å². The van der Waals surface area contributed by atoms with Gasteiger partial charge in [0.15, 0.2) is 0 Å². The predicted octanol–water partition coefficient (Wildman–Crippen LogP) is 1.58. The Labute approximate surface area is 122 Å². The summed E-state index contributed by atoms with van der Waals surface area (Å²) in [7, 11) is 1.74. The van der Waals surface area contributed by atoms with E-state index in [0.29, 0.717) is 12.3 Å². The van der Waals surface area contributed by atoms with Crippen molar-refractivity contribution in [1.82, 2.24) is 10.2 Å². The first-order valence-electron chi connectivity index (χ1n) is 7.60. The number of nitrogens with one attached hydrogen (secondary N) is 1. The third-order valence-corrected chi connectivity index (χ3v) is 4.01. The summed E-state index contributed by atoms with van der Waals surface area (Å²) in [6.45, 7) is 9.46. The lowest BCUT2D eigenvalue weighted by atomic mass is 9.94. The summed E-state index contributed by atoms with van der Waals surface area (Å²) in [6, 6.07) is 0.165. The van der Waals surface area contributed by atoms with E-state index in [0.717, 1.165) is 26.2 Å². The van der Waals surface area contributed by atoms with Crippen LogP contribution in [0, 0.1) is 5.92 Å². The van der Waals surface area contributed by atoms with Crippen LogP contribution in [-0.4, -0.2) is 60.9 Å². The number of aliphatic carboxylic acids is 1. The SMILES string of the molecule is COCC1CCCN(CCC(C)(NC(C)C)C(=O)O)C1. The van der Waals surface area contributed by atoms with E-state index in [4.69, 9.17) is 4.74 Å². The molecular weight excluding hydrogens is 256 g/mol. The first-order valence-corrected chi connectivity index (χ1v) is 7.60. The molecule has 20 heavy (non-hydrogen) atoms. The summed E-state index contributed by atoms with van der Waals surface area (Å²) < 4.78 is 5.23. The topological polar surface area (TPSA) is 61.8 Å². The molecule has 0 spiro atoms. The van der Waals surface area contributed by atoms with E-state index in [1.54, 1.807) is 14.0 Å². The number of methoxy groups -OCH3 is 1. The van der Waals surface area contributed by atoms with Gasteiger partial charge in [-0.25, -0.2) is 0 Å². The third kappa shape index (κ3) is 5.38. The largest absolute Gasteiger partial charge is 0.480 e. The van der Waals surface area contributed by atoms with Crippen molar-refractivity contribution in [2.75, 3.05) is 33.4 Å². The van der Waals surface area contributed by atoms with Crippen molar-refractivity contribution in [3.8, 4) is 0 Å². The molecule has 0 radical (unpaired) electrons. The van der Waals surface area contributed by atoms with Gasteiger partial charge < -0.3 is 14.7 Å². The monoisotopic (exact) mass is 286 g/mol. The highest BCUT2D eigenvalue weighted by atomic mass is 16.5. The van der Waals surface area contributed by atoms with Gasteiger partial charge in [-0.1, -0.05) is 0 Å². The Hall–Kier alpha value is -0.650. The van der Waals surface area contributed by atoms with Crippen molar-refractivity contribution in [1.29, 1.82) is 0 Å². The third-order valence-electron chi connectivity index (χ3n) is 4.01. The van der Waals surface area contributed by atoms with Crippen molar-refractivity contribution in [3.05, 3.63) is 0 Å². The Morgan fingerprint density at radius 2 is 2.25 bits per heavy atom. The molecule has 118 valence electrons. The highest BCUT2D eigenvalue weighted by molar-refractivity contribution is 5.78. The Morgan fingerprint density at radius 3 is 2.80 bits per heavy atom. The van der Waals surface area contributed by atoms with Crippen LogP contribution in [0.4, 0.5) is 0 Å². The normalized spacial score (nSPS) is 23.8. The summed E-state index contributed by atoms with van der Waals surface area (Å²) in [4.78, 5) is 13.9. The quantitative estimate of drug-likeness (QED) is 0.709. The van der Waals surface area contributed by atoms with Gasteiger partial charge in [0.05, 0.1) is 6.61 Å². The molecule has 1 rings (SSSR count). The van der Waals surface area contributed by atoms with Crippen molar-refractivity contribution < 1.29 is 14.6 Å². The predicted molar refractivity (Wildman–Crippen MR) is 80.0 cm³/mol. The van der Waals surface area contributed by atoms with Crippen LogP contribution < -0.4 is 5.32 Å². The minimum atomic E-state index is -0.845. The lowest BCUT2D eigenvalue weighted by Crippen LogP contribution is -2.54. The lowest BCUT2D eigenvalue weighted by molar-refractivity contribution is -0.145. The summed E-state index contributed by atoms with van der Waals surface area (Å²) in [5.74, 6) is -0.181. The number of ether oxygens (including phenoxy) is 1. The molecule has 0 aliphatic carbocycles. The van der Waals surface area contributed by atoms with Crippen LogP contribution in [-0.2, 0) is 9.53 Å². The van der Waals surface area contributed by atoms with Gasteiger partial charge in [0.2, 0.25) is 0 Å². The average molecular weight is 286 g/mol. The molecule has 1 saturated heterocycles. The molecule has 0 saturated carbocycles. The zero-order chi connectivity index (χ0) is 15.2. The minimum absolute atomic E-state index is 0.165. The number of nitrogens with zero attached hydrogens (tertiary/aromatic N) is 1. The zero-order valence-corrected chi connectivity index (χ0v) is 13.3. The molecule has 2 atom stereocenters. The van der Waals surface area contributed by atoms with Crippen LogP contribution in [0.25, 0.3) is 0 Å². The fourth-order valence-electron chi connectivity index (χ4n) is 2.99. The molecule has 0 aromatic rings. The van der Waals surface area contributed by atoms with Gasteiger partial charge in [0.25, 0.3) is 0 Å². The minimum Gasteiger partial charge on any atom is -0.480 e. The van der Waals surface area contributed by atoms with E-state index in [1.165, 1.54) is 12.8 Å². The number of carbonyl (C=O) groups is 1. The maximum atomic E-state index is 11.5. The second-order valence-electron chi connectivity index (χ2n) is 6.45. The fourth-order valence-corrected chi connectivity index (χ4v) is 2.99. The van der Waals surface area contributed by atoms with Gasteiger partial charge in [-0.15, -0.1) is 0 Å². The first-order chi connectivity index (χ1) is 9.37. The van der Waals surface area contributed by atoms with E-state index >= 15 is 0 Å². The Morgan fingerprint density at radius 1 is 1.55 bits per heavy atom. The van der Waals surface area contributed by atoms with E-state index in [2.05, 4.69) is 10.2 Å². The first kappa shape index (κ1) is 17.4. The Bertz CT molecular complexity index is 307. The fraction of sp³-hybridized carbons (Fsp3) is 0.933. The molecule has 5 nitrogen and oxygen atoms in total. The smallest absolute Gasteiger partial charge is 0.323 e. The van der Waals surface area contributed by atoms with Crippen LogP contribution >= 0.6 is 0 Å². The standard InChI is InChI=1S/C15H30N2O3/c1-12(2)16-15(3,14(18)19)7-9-17-8-5-6-13(10-17)11-20-4/h12-13,16H,5-11H2,1-4H3,(H,18,19). The number of hydrogen-bond donors (Lipinski definition) is 2. The second kappa shape index (κ2) is 7.96. The number of likely N-dealkylation sites (tertiary alicyclic amines) is 1. The van der Waals surface area contributed by atoms with Gasteiger partial charge in [0.1, 0.15) is 5.54 Å². The van der Waals surface area contributed by atoms with E-state index < -0.39 is 11.5 Å². The molecular formula is C15H30N2O3. The van der Waals surface area contributed by atoms with Gasteiger partial charge in [0, 0.05) is 26.2 Å². The molecule has 0 aromatic carbocycles. The van der Waals surface area contributed by atoms with Crippen molar-refractivity contribution in [3.63, 3.8) is 0 Å². The number of carboxylic acids is 1. The zero-order valence-electron chi connectivity index (χ0n) is 13.3. The Kier molecular flexibility index (Phi) is 6.92. The number of piperidine rings is 1. The summed E-state index contributed by atoms with van der Waals surface area (Å²) in [6.07, 6.45) is 3.01. The molecule has 2 N–H and O–H groups in total. The molecule has 1 heterocycles. The maximum absolute atomic E-state index is 11.5. The van der Waals surface area contributed by atoms with Crippen LogP contribution in [0.15, 0.2) is 0 Å². The summed E-state index contributed by atoms with van der Waals surface area (Å²) >= 11 is 0. The summed E-state index contributed by atoms with van der Waals surface area (Å²) in [5, 5.41) is 12.6. The molecule has 0 aromatic heterocycles. The van der Waals surface area contributed by atoms with E-state index in [-0.39, 0.29) is 6.04 Å². The number of rotatable bonds is 8. The summed E-state index contributed by atoms with van der Waals surface area (Å²) in [5.41, 5.74) is -0.845. The van der Waals surface area contributed by atoms with Crippen LogP contribution in [0.5, 0.6) is 0 Å². The molecule has 0 bridgehead atoms. The molecule has 2 unspecified atom stereocenters. The Balaban J connectivity index is 2.48. The van der Waals surface area contributed by atoms with E-state index in [9.17, 15) is 9.90 Å². The number of carboxylic acid groups (broad SMARTS) is 1. The second-order valence-corrected chi connectivity index (χ2v) is 6.45. The lowest BCUT2D eigenvalue weighted by Gasteiger charge is -2.35. The van der Waals surface area contributed by atoms with E-state index in [1.807, 2.05) is 13.8 Å². The van der Waals surface area contributed by atoms with Crippen LogP contribution in [0.2, 0.25) is 0 Å². The van der Waals surface area contributed by atoms with Gasteiger partial charge in [-0.05, 0) is 52.5 Å².